The van der Waals surface area contributed by atoms with Gasteiger partial charge in [0, 0.05) is 23.9 Å². The summed E-state index contributed by atoms with van der Waals surface area (Å²) in [7, 11) is 0. The Morgan fingerprint density at radius 3 is 2.88 bits per heavy atom. The summed E-state index contributed by atoms with van der Waals surface area (Å²) in [6.45, 7) is 2.04. The topological polar surface area (TPSA) is 50.2 Å². The molecule has 0 fully saturated rings. The van der Waals surface area contributed by atoms with Crippen LogP contribution in [0.2, 0.25) is 0 Å². The minimum atomic E-state index is -0.0232. The molecule has 2 aromatic heterocycles. The van der Waals surface area contributed by atoms with Crippen LogP contribution in [0, 0.1) is 6.92 Å². The number of nitrogens with one attached hydrogen (secondary N) is 1. The third-order valence-corrected chi connectivity index (χ3v) is 2.82. The fourth-order valence-electron chi connectivity index (χ4n) is 1.93. The van der Waals surface area contributed by atoms with Crippen LogP contribution in [-0.2, 0) is 0 Å². The molecular formula is C13H11N3O. The van der Waals surface area contributed by atoms with E-state index >= 15 is 0 Å². The summed E-state index contributed by atoms with van der Waals surface area (Å²) in [4.78, 5) is 11.2. The molecule has 0 aliphatic carbocycles. The Morgan fingerprint density at radius 1 is 1.24 bits per heavy atom. The highest BCUT2D eigenvalue weighted by molar-refractivity contribution is 5.62. The molecule has 84 valence electrons. The van der Waals surface area contributed by atoms with Gasteiger partial charge in [-0.2, -0.15) is 5.10 Å². The van der Waals surface area contributed by atoms with E-state index in [4.69, 9.17) is 0 Å². The van der Waals surface area contributed by atoms with E-state index in [1.807, 2.05) is 35.6 Å². The molecule has 3 aromatic rings. The zero-order valence-corrected chi connectivity index (χ0v) is 9.34. The van der Waals surface area contributed by atoms with E-state index in [0.29, 0.717) is 5.65 Å². The summed E-state index contributed by atoms with van der Waals surface area (Å²) in [5.74, 6) is 0.818. The van der Waals surface area contributed by atoms with Gasteiger partial charge in [-0.05, 0) is 12.5 Å². The molecule has 0 saturated carbocycles. The van der Waals surface area contributed by atoms with E-state index < -0.39 is 0 Å². The minimum absolute atomic E-state index is 0.0232. The lowest BCUT2D eigenvalue weighted by Crippen LogP contribution is -1.99. The van der Waals surface area contributed by atoms with E-state index in [2.05, 4.69) is 10.2 Å². The number of pyridine rings is 1. The van der Waals surface area contributed by atoms with Crippen LogP contribution < -0.4 is 5.43 Å². The third kappa shape index (κ3) is 1.54. The molecule has 4 nitrogen and oxygen atoms in total. The Balaban J connectivity index is 2.32. The zero-order chi connectivity index (χ0) is 11.8. The summed E-state index contributed by atoms with van der Waals surface area (Å²) in [6, 6.07) is 11.1. The molecule has 0 aliphatic rings. The van der Waals surface area contributed by atoms with Crippen molar-refractivity contribution >= 4 is 5.65 Å². The first kappa shape index (κ1) is 9.84. The molecule has 0 saturated heterocycles. The highest BCUT2D eigenvalue weighted by Crippen LogP contribution is 2.20. The molecule has 0 spiro atoms. The molecule has 0 aliphatic heterocycles. The van der Waals surface area contributed by atoms with E-state index in [9.17, 15) is 4.79 Å². The maximum Gasteiger partial charge on any atom is 0.183 e. The lowest BCUT2D eigenvalue weighted by molar-refractivity contribution is 1.11. The molecule has 4 heteroatoms. The first-order chi connectivity index (χ1) is 8.25. The number of rotatable bonds is 1. The maximum absolute atomic E-state index is 11.2. The van der Waals surface area contributed by atoms with Crippen molar-refractivity contribution in [3.8, 4) is 11.4 Å². The zero-order valence-electron chi connectivity index (χ0n) is 9.34. The van der Waals surface area contributed by atoms with Gasteiger partial charge in [0.25, 0.3) is 0 Å². The molecular weight excluding hydrogens is 214 g/mol. The summed E-state index contributed by atoms with van der Waals surface area (Å²) >= 11 is 0. The molecule has 0 unspecified atom stereocenters. The smallest absolute Gasteiger partial charge is 0.183 e. The fraction of sp³-hybridized carbons (Fsp3) is 0.0769. The van der Waals surface area contributed by atoms with Crippen molar-refractivity contribution in [3.05, 3.63) is 58.4 Å². The molecule has 0 bridgehead atoms. The lowest BCUT2D eigenvalue weighted by atomic mass is 10.1. The van der Waals surface area contributed by atoms with Crippen molar-refractivity contribution in [1.29, 1.82) is 0 Å². The van der Waals surface area contributed by atoms with Gasteiger partial charge in [0.2, 0.25) is 0 Å². The van der Waals surface area contributed by atoms with Gasteiger partial charge in [-0.1, -0.05) is 24.3 Å². The predicted octanol–water partition coefficient (Wildman–Crippen LogP) is 2.00. The van der Waals surface area contributed by atoms with Crippen LogP contribution in [0.3, 0.4) is 0 Å². The van der Waals surface area contributed by atoms with Crippen LogP contribution in [0.15, 0.2) is 47.4 Å². The molecule has 1 aromatic carbocycles. The van der Waals surface area contributed by atoms with Crippen molar-refractivity contribution in [3.63, 3.8) is 0 Å². The number of nitrogens with zero attached hydrogens (tertiary/aromatic N) is 2. The Labute approximate surface area is 97.5 Å². The summed E-state index contributed by atoms with van der Waals surface area (Å²) in [5, 5.41) is 7.13. The van der Waals surface area contributed by atoms with Crippen molar-refractivity contribution in [1.82, 2.24) is 14.6 Å². The summed E-state index contributed by atoms with van der Waals surface area (Å²) in [6.07, 6.45) is 1.74. The molecule has 2 heterocycles. The average molecular weight is 225 g/mol. The molecule has 1 N–H and O–H groups in total. The van der Waals surface area contributed by atoms with Gasteiger partial charge in [-0.25, -0.2) is 0 Å². The number of aromatic amines is 1. The van der Waals surface area contributed by atoms with Crippen LogP contribution in [0.4, 0.5) is 0 Å². The second-order valence-corrected chi connectivity index (χ2v) is 3.98. The number of aryl methyl sites for hydroxylation is 1. The minimum Gasteiger partial charge on any atom is -0.290 e. The highest BCUT2D eigenvalue weighted by Gasteiger charge is 2.08. The van der Waals surface area contributed by atoms with Crippen LogP contribution in [0.1, 0.15) is 5.56 Å². The quantitative estimate of drug-likeness (QED) is 0.688. The SMILES string of the molecule is Cc1ccccc1-c1n[nH]c2cc(=O)ccn12. The normalized spacial score (nSPS) is 10.9. The number of fused-ring (bicyclic) bond motifs is 1. The van der Waals surface area contributed by atoms with E-state index in [1.54, 1.807) is 6.20 Å². The Kier molecular flexibility index (Phi) is 2.08. The average Bonchev–Trinajstić information content (AvgIpc) is 2.72. The van der Waals surface area contributed by atoms with Gasteiger partial charge in [0.15, 0.2) is 11.3 Å². The first-order valence-electron chi connectivity index (χ1n) is 5.38. The van der Waals surface area contributed by atoms with E-state index in [0.717, 1.165) is 17.0 Å². The van der Waals surface area contributed by atoms with Gasteiger partial charge in [-0.3, -0.25) is 14.3 Å². The Morgan fingerprint density at radius 2 is 2.06 bits per heavy atom. The number of H-pyrrole nitrogens is 1. The first-order valence-corrected chi connectivity index (χ1v) is 5.38. The monoisotopic (exact) mass is 225 g/mol. The number of hydrogen-bond acceptors (Lipinski definition) is 2. The van der Waals surface area contributed by atoms with Crippen LogP contribution in [0.5, 0.6) is 0 Å². The van der Waals surface area contributed by atoms with Crippen LogP contribution in [-0.4, -0.2) is 14.6 Å². The number of benzene rings is 1. The summed E-state index contributed by atoms with van der Waals surface area (Å²) < 4.78 is 1.88. The largest absolute Gasteiger partial charge is 0.290 e. The Bertz CT molecular complexity index is 740. The van der Waals surface area contributed by atoms with Gasteiger partial charge in [-0.15, -0.1) is 0 Å². The second-order valence-electron chi connectivity index (χ2n) is 3.98. The van der Waals surface area contributed by atoms with E-state index in [-0.39, 0.29) is 5.43 Å². The number of hydrogen-bond donors (Lipinski definition) is 1. The van der Waals surface area contributed by atoms with Gasteiger partial charge >= 0.3 is 0 Å². The van der Waals surface area contributed by atoms with Crippen molar-refractivity contribution in [2.45, 2.75) is 6.92 Å². The number of aromatic nitrogens is 3. The predicted molar refractivity (Wildman–Crippen MR) is 66.0 cm³/mol. The van der Waals surface area contributed by atoms with Crippen molar-refractivity contribution in [2.24, 2.45) is 0 Å². The highest BCUT2D eigenvalue weighted by atomic mass is 16.1. The lowest BCUT2D eigenvalue weighted by Gasteiger charge is -2.02. The molecule has 0 atom stereocenters. The molecule has 17 heavy (non-hydrogen) atoms. The molecule has 0 radical (unpaired) electrons. The van der Waals surface area contributed by atoms with Crippen LogP contribution >= 0.6 is 0 Å². The van der Waals surface area contributed by atoms with Gasteiger partial charge in [0.1, 0.15) is 5.65 Å². The third-order valence-electron chi connectivity index (χ3n) is 2.82. The van der Waals surface area contributed by atoms with Crippen molar-refractivity contribution in [2.75, 3.05) is 0 Å². The molecule has 0 amide bonds. The molecule has 3 rings (SSSR count). The van der Waals surface area contributed by atoms with Crippen molar-refractivity contribution < 1.29 is 0 Å². The fourth-order valence-corrected chi connectivity index (χ4v) is 1.93. The summed E-state index contributed by atoms with van der Waals surface area (Å²) in [5.41, 5.74) is 2.89. The van der Waals surface area contributed by atoms with Gasteiger partial charge in [0.05, 0.1) is 0 Å². The van der Waals surface area contributed by atoms with E-state index in [1.165, 1.54) is 12.1 Å². The Hall–Kier alpha value is -2.36. The maximum atomic E-state index is 11.2. The standard InChI is InChI=1S/C13H11N3O/c1-9-4-2-3-5-11(9)13-15-14-12-8-10(17)6-7-16(12)13/h2-8,14H,1H3. The second kappa shape index (κ2) is 3.59. The van der Waals surface area contributed by atoms with Crippen LogP contribution in [0.25, 0.3) is 17.0 Å². The van der Waals surface area contributed by atoms with Gasteiger partial charge < -0.3 is 0 Å².